The summed E-state index contributed by atoms with van der Waals surface area (Å²) in [5.41, 5.74) is 2.56. The molecule has 0 saturated carbocycles. The van der Waals surface area contributed by atoms with Gasteiger partial charge in [-0.2, -0.15) is 0 Å². The van der Waals surface area contributed by atoms with E-state index in [0.717, 1.165) is 11.1 Å². The Morgan fingerprint density at radius 2 is 2.05 bits per heavy atom. The number of carbonyl (C=O) groups excluding carboxylic acids is 1. The molecule has 2 amide bonds. The zero-order valence-corrected chi connectivity index (χ0v) is 13.1. The van der Waals surface area contributed by atoms with E-state index in [0.29, 0.717) is 16.5 Å². The van der Waals surface area contributed by atoms with Crippen LogP contribution in [0, 0.1) is 6.92 Å². The summed E-state index contributed by atoms with van der Waals surface area (Å²) in [5.74, 6) is 0.611. The van der Waals surface area contributed by atoms with Crippen molar-refractivity contribution in [3.63, 3.8) is 0 Å². The quantitative estimate of drug-likeness (QED) is 0.875. The van der Waals surface area contributed by atoms with Crippen LogP contribution in [0.25, 0.3) is 6.08 Å². The third-order valence-corrected chi connectivity index (χ3v) is 3.18. The number of aryl methyl sites for hydroxylation is 1. The second-order valence-corrected chi connectivity index (χ2v) is 5.13. The van der Waals surface area contributed by atoms with Crippen LogP contribution in [-0.4, -0.2) is 13.1 Å². The van der Waals surface area contributed by atoms with Crippen LogP contribution in [-0.2, 0) is 0 Å². The fourth-order valence-electron chi connectivity index (χ4n) is 1.90. The highest BCUT2D eigenvalue weighted by Gasteiger charge is 2.06. The minimum atomic E-state index is -0.345. The SMILES string of the molecule is COc1ccc(C)cc1NC(=O)N/C=C/c1cccc(Cl)c1. The summed E-state index contributed by atoms with van der Waals surface area (Å²) < 4.78 is 5.21. The largest absolute Gasteiger partial charge is 0.495 e. The zero-order valence-electron chi connectivity index (χ0n) is 12.4. The van der Waals surface area contributed by atoms with E-state index in [-0.39, 0.29) is 6.03 Å². The average Bonchev–Trinajstić information content (AvgIpc) is 2.47. The Morgan fingerprint density at radius 3 is 2.77 bits per heavy atom. The van der Waals surface area contributed by atoms with Crippen LogP contribution in [0.5, 0.6) is 5.75 Å². The monoisotopic (exact) mass is 316 g/mol. The minimum Gasteiger partial charge on any atom is -0.495 e. The van der Waals surface area contributed by atoms with Crippen molar-refractivity contribution in [3.05, 3.63) is 64.8 Å². The number of benzene rings is 2. The molecule has 0 saturated heterocycles. The van der Waals surface area contributed by atoms with Crippen LogP contribution >= 0.6 is 11.6 Å². The number of halogens is 1. The average molecular weight is 317 g/mol. The first-order valence-electron chi connectivity index (χ1n) is 6.73. The third kappa shape index (κ3) is 4.53. The van der Waals surface area contributed by atoms with Gasteiger partial charge in [0.15, 0.2) is 0 Å². The summed E-state index contributed by atoms with van der Waals surface area (Å²) >= 11 is 5.89. The molecule has 2 rings (SSSR count). The minimum absolute atomic E-state index is 0.345. The lowest BCUT2D eigenvalue weighted by molar-refractivity contribution is 0.255. The lowest BCUT2D eigenvalue weighted by Crippen LogP contribution is -2.24. The van der Waals surface area contributed by atoms with Crippen molar-refractivity contribution in [2.45, 2.75) is 6.92 Å². The van der Waals surface area contributed by atoms with Gasteiger partial charge in [0.1, 0.15) is 5.75 Å². The van der Waals surface area contributed by atoms with Gasteiger partial charge in [-0.1, -0.05) is 29.8 Å². The van der Waals surface area contributed by atoms with Crippen molar-refractivity contribution in [2.75, 3.05) is 12.4 Å². The molecule has 0 heterocycles. The van der Waals surface area contributed by atoms with Gasteiger partial charge < -0.3 is 15.4 Å². The third-order valence-electron chi connectivity index (χ3n) is 2.94. The molecule has 0 fully saturated rings. The second-order valence-electron chi connectivity index (χ2n) is 4.69. The highest BCUT2D eigenvalue weighted by atomic mass is 35.5. The predicted octanol–water partition coefficient (Wildman–Crippen LogP) is 4.45. The van der Waals surface area contributed by atoms with Gasteiger partial charge in [0.2, 0.25) is 0 Å². The molecule has 4 nitrogen and oxygen atoms in total. The molecule has 0 aliphatic heterocycles. The molecule has 2 aromatic carbocycles. The topological polar surface area (TPSA) is 50.4 Å². The lowest BCUT2D eigenvalue weighted by Gasteiger charge is -2.10. The molecule has 0 radical (unpaired) electrons. The summed E-state index contributed by atoms with van der Waals surface area (Å²) in [4.78, 5) is 11.9. The molecule has 0 aromatic heterocycles. The molecule has 0 aliphatic rings. The number of anilines is 1. The van der Waals surface area contributed by atoms with Crippen LogP contribution in [0.1, 0.15) is 11.1 Å². The first kappa shape index (κ1) is 15.9. The van der Waals surface area contributed by atoms with Gasteiger partial charge >= 0.3 is 6.03 Å². The van der Waals surface area contributed by atoms with E-state index in [1.807, 2.05) is 37.3 Å². The highest BCUT2D eigenvalue weighted by Crippen LogP contribution is 2.24. The standard InChI is InChI=1S/C17H17ClN2O2/c1-12-6-7-16(22-2)15(10-12)20-17(21)19-9-8-13-4-3-5-14(18)11-13/h3-11H,1-2H3,(H2,19,20,21)/b9-8+. The number of carbonyl (C=O) groups is 1. The summed E-state index contributed by atoms with van der Waals surface area (Å²) in [7, 11) is 1.56. The van der Waals surface area contributed by atoms with Crippen molar-refractivity contribution in [1.29, 1.82) is 0 Å². The Bertz CT molecular complexity index is 699. The maximum atomic E-state index is 11.9. The van der Waals surface area contributed by atoms with Crippen molar-refractivity contribution in [1.82, 2.24) is 5.32 Å². The Balaban J connectivity index is 1.97. The molecule has 114 valence electrons. The van der Waals surface area contributed by atoms with E-state index in [9.17, 15) is 4.79 Å². The van der Waals surface area contributed by atoms with E-state index in [4.69, 9.17) is 16.3 Å². The van der Waals surface area contributed by atoms with Crippen LogP contribution in [0.15, 0.2) is 48.7 Å². The van der Waals surface area contributed by atoms with Crippen molar-refractivity contribution >= 4 is 29.4 Å². The number of urea groups is 1. The number of amides is 2. The van der Waals surface area contributed by atoms with Gasteiger partial charge in [-0.05, 0) is 48.4 Å². The highest BCUT2D eigenvalue weighted by molar-refractivity contribution is 6.30. The van der Waals surface area contributed by atoms with Gasteiger partial charge in [0.05, 0.1) is 12.8 Å². The van der Waals surface area contributed by atoms with E-state index < -0.39 is 0 Å². The van der Waals surface area contributed by atoms with Gasteiger partial charge in [0, 0.05) is 11.2 Å². The molecule has 0 aliphatic carbocycles. The van der Waals surface area contributed by atoms with E-state index in [1.54, 1.807) is 31.5 Å². The van der Waals surface area contributed by atoms with E-state index in [1.165, 1.54) is 0 Å². The molecule has 2 aromatic rings. The Kier molecular flexibility index (Phi) is 5.44. The van der Waals surface area contributed by atoms with Crippen molar-refractivity contribution in [2.24, 2.45) is 0 Å². The summed E-state index contributed by atoms with van der Waals surface area (Å²) in [6.45, 7) is 1.95. The van der Waals surface area contributed by atoms with Gasteiger partial charge in [-0.3, -0.25) is 0 Å². The Morgan fingerprint density at radius 1 is 1.23 bits per heavy atom. The predicted molar refractivity (Wildman–Crippen MR) is 90.4 cm³/mol. The normalized spacial score (nSPS) is 10.5. The fraction of sp³-hybridized carbons (Fsp3) is 0.118. The Hall–Kier alpha value is -2.46. The van der Waals surface area contributed by atoms with Crippen LogP contribution in [0.2, 0.25) is 5.02 Å². The van der Waals surface area contributed by atoms with E-state index >= 15 is 0 Å². The van der Waals surface area contributed by atoms with Gasteiger partial charge in [-0.25, -0.2) is 4.79 Å². The first-order chi connectivity index (χ1) is 10.6. The summed E-state index contributed by atoms with van der Waals surface area (Å²) in [5, 5.41) is 6.04. The van der Waals surface area contributed by atoms with Crippen molar-refractivity contribution < 1.29 is 9.53 Å². The molecule has 2 N–H and O–H groups in total. The summed E-state index contributed by atoms with van der Waals surface area (Å²) in [6, 6.07) is 12.6. The number of methoxy groups -OCH3 is 1. The van der Waals surface area contributed by atoms with Crippen LogP contribution in [0.4, 0.5) is 10.5 Å². The number of rotatable bonds is 4. The van der Waals surface area contributed by atoms with Gasteiger partial charge in [0.25, 0.3) is 0 Å². The number of hydrogen-bond acceptors (Lipinski definition) is 2. The van der Waals surface area contributed by atoms with Gasteiger partial charge in [-0.15, -0.1) is 0 Å². The van der Waals surface area contributed by atoms with Crippen molar-refractivity contribution in [3.8, 4) is 5.75 Å². The van der Waals surface area contributed by atoms with Crippen LogP contribution in [0.3, 0.4) is 0 Å². The molecule has 0 bridgehead atoms. The number of nitrogens with one attached hydrogen (secondary N) is 2. The molecule has 0 unspecified atom stereocenters. The van der Waals surface area contributed by atoms with E-state index in [2.05, 4.69) is 10.6 Å². The Labute approximate surface area is 134 Å². The number of hydrogen-bond donors (Lipinski definition) is 2. The molecule has 22 heavy (non-hydrogen) atoms. The molecular weight excluding hydrogens is 300 g/mol. The molecule has 5 heteroatoms. The summed E-state index contributed by atoms with van der Waals surface area (Å²) in [6.07, 6.45) is 3.32. The molecule has 0 atom stereocenters. The maximum Gasteiger partial charge on any atom is 0.323 e. The first-order valence-corrected chi connectivity index (χ1v) is 7.10. The smallest absolute Gasteiger partial charge is 0.323 e. The maximum absolute atomic E-state index is 11.9. The fourth-order valence-corrected chi connectivity index (χ4v) is 2.10. The second kappa shape index (κ2) is 7.52. The van der Waals surface area contributed by atoms with Crippen LogP contribution < -0.4 is 15.4 Å². The molecular formula is C17H17ClN2O2. The zero-order chi connectivity index (χ0) is 15.9. The number of ether oxygens (including phenoxy) is 1. The molecule has 0 spiro atoms. The lowest BCUT2D eigenvalue weighted by atomic mass is 10.2.